The van der Waals surface area contributed by atoms with Gasteiger partial charge in [0.25, 0.3) is 5.56 Å². The van der Waals surface area contributed by atoms with Crippen LogP contribution in [0.5, 0.6) is 0 Å². The molecule has 2 rings (SSSR count). The van der Waals surface area contributed by atoms with Gasteiger partial charge in [-0.3, -0.25) is 4.79 Å². The van der Waals surface area contributed by atoms with Gasteiger partial charge in [-0.1, -0.05) is 30.9 Å². The Labute approximate surface area is 130 Å². The SMILES string of the molecule is COCCn1ncc(NC(C)C2CCCCC2)c(Cl)c1=O. The second-order valence-electron chi connectivity index (χ2n) is 5.72. The zero-order valence-corrected chi connectivity index (χ0v) is 13.5. The second kappa shape index (κ2) is 7.80. The summed E-state index contributed by atoms with van der Waals surface area (Å²) in [5.41, 5.74) is 0.364. The van der Waals surface area contributed by atoms with E-state index in [1.54, 1.807) is 13.3 Å². The van der Waals surface area contributed by atoms with Gasteiger partial charge in [-0.05, 0) is 25.7 Å². The molecule has 0 amide bonds. The molecular formula is C15H24ClN3O2. The Balaban J connectivity index is 2.06. The fraction of sp³-hybridized carbons (Fsp3) is 0.733. The molecular weight excluding hydrogens is 290 g/mol. The van der Waals surface area contributed by atoms with Crippen LogP contribution in [0.15, 0.2) is 11.0 Å². The molecule has 0 saturated heterocycles. The minimum absolute atomic E-state index is 0.212. The lowest BCUT2D eigenvalue weighted by atomic mass is 9.84. The highest BCUT2D eigenvalue weighted by Gasteiger charge is 2.21. The predicted octanol–water partition coefficient (Wildman–Crippen LogP) is 2.92. The molecule has 1 aliphatic carbocycles. The van der Waals surface area contributed by atoms with Crippen LogP contribution >= 0.6 is 11.6 Å². The van der Waals surface area contributed by atoms with E-state index in [0.717, 1.165) is 0 Å². The van der Waals surface area contributed by atoms with Crippen LogP contribution < -0.4 is 10.9 Å². The van der Waals surface area contributed by atoms with Crippen molar-refractivity contribution in [1.82, 2.24) is 9.78 Å². The van der Waals surface area contributed by atoms with Gasteiger partial charge in [0.05, 0.1) is 25.0 Å². The van der Waals surface area contributed by atoms with Crippen LogP contribution in [0.1, 0.15) is 39.0 Å². The van der Waals surface area contributed by atoms with E-state index >= 15 is 0 Å². The lowest BCUT2D eigenvalue weighted by Crippen LogP contribution is -2.30. The highest BCUT2D eigenvalue weighted by atomic mass is 35.5. The number of methoxy groups -OCH3 is 1. The minimum Gasteiger partial charge on any atom is -0.383 e. The summed E-state index contributed by atoms with van der Waals surface area (Å²) in [6.45, 7) is 3.00. The summed E-state index contributed by atoms with van der Waals surface area (Å²) in [6, 6.07) is 0.304. The molecule has 1 N–H and O–H groups in total. The number of nitrogens with one attached hydrogen (secondary N) is 1. The Morgan fingerprint density at radius 2 is 2.19 bits per heavy atom. The van der Waals surface area contributed by atoms with Gasteiger partial charge < -0.3 is 10.1 Å². The molecule has 0 bridgehead atoms. The molecule has 0 aromatic carbocycles. The van der Waals surface area contributed by atoms with Crippen molar-refractivity contribution in [3.63, 3.8) is 0 Å². The highest BCUT2D eigenvalue weighted by molar-refractivity contribution is 6.32. The van der Waals surface area contributed by atoms with Gasteiger partial charge in [-0.15, -0.1) is 0 Å². The molecule has 1 aromatic rings. The van der Waals surface area contributed by atoms with Gasteiger partial charge >= 0.3 is 0 Å². The van der Waals surface area contributed by atoms with Gasteiger partial charge in [0.2, 0.25) is 0 Å². The molecule has 1 aromatic heterocycles. The zero-order chi connectivity index (χ0) is 15.2. The van der Waals surface area contributed by atoms with Crippen LogP contribution in [0.25, 0.3) is 0 Å². The molecule has 1 saturated carbocycles. The van der Waals surface area contributed by atoms with E-state index < -0.39 is 0 Å². The summed E-state index contributed by atoms with van der Waals surface area (Å²) < 4.78 is 6.29. The third-order valence-corrected chi connectivity index (χ3v) is 4.60. The number of rotatable bonds is 6. The van der Waals surface area contributed by atoms with Crippen LogP contribution in [0.3, 0.4) is 0 Å². The smallest absolute Gasteiger partial charge is 0.287 e. The molecule has 0 spiro atoms. The van der Waals surface area contributed by atoms with Gasteiger partial charge in [-0.2, -0.15) is 5.10 Å². The third kappa shape index (κ3) is 4.20. The van der Waals surface area contributed by atoms with Gasteiger partial charge in [0.1, 0.15) is 5.02 Å². The maximum Gasteiger partial charge on any atom is 0.287 e. The number of hydrogen-bond acceptors (Lipinski definition) is 4. The lowest BCUT2D eigenvalue weighted by Gasteiger charge is -2.29. The molecule has 118 valence electrons. The van der Waals surface area contributed by atoms with Crippen molar-refractivity contribution in [2.75, 3.05) is 19.0 Å². The molecule has 21 heavy (non-hydrogen) atoms. The Hall–Kier alpha value is -1.07. The molecule has 1 aliphatic rings. The second-order valence-corrected chi connectivity index (χ2v) is 6.10. The Bertz CT molecular complexity index is 512. The fourth-order valence-corrected chi connectivity index (χ4v) is 3.10. The van der Waals surface area contributed by atoms with Crippen LogP contribution in [0, 0.1) is 5.92 Å². The summed E-state index contributed by atoms with van der Waals surface area (Å²) in [4.78, 5) is 12.1. The first-order valence-electron chi connectivity index (χ1n) is 7.64. The van der Waals surface area contributed by atoms with E-state index in [0.29, 0.717) is 30.8 Å². The standard InChI is InChI=1S/C15H24ClN3O2/c1-11(12-6-4-3-5-7-12)18-13-10-17-19(8-9-21-2)15(20)14(13)16/h10-12,18H,3-9H2,1-2H3. The topological polar surface area (TPSA) is 56.1 Å². The van der Waals surface area contributed by atoms with E-state index in [1.807, 2.05) is 0 Å². The normalized spacial score (nSPS) is 17.7. The van der Waals surface area contributed by atoms with Crippen LogP contribution in [-0.4, -0.2) is 29.5 Å². The Kier molecular flexibility index (Phi) is 6.06. The summed E-state index contributed by atoms with van der Waals surface area (Å²) in [5.74, 6) is 0.644. The van der Waals surface area contributed by atoms with E-state index in [2.05, 4.69) is 17.3 Å². The van der Waals surface area contributed by atoms with E-state index in [-0.39, 0.29) is 10.6 Å². The van der Waals surface area contributed by atoms with Gasteiger partial charge in [0.15, 0.2) is 0 Å². The maximum atomic E-state index is 12.1. The molecule has 1 fully saturated rings. The summed E-state index contributed by atoms with van der Waals surface area (Å²) in [5, 5.41) is 7.73. The van der Waals surface area contributed by atoms with Crippen LogP contribution in [0.4, 0.5) is 5.69 Å². The van der Waals surface area contributed by atoms with Crippen molar-refractivity contribution in [1.29, 1.82) is 0 Å². The van der Waals surface area contributed by atoms with Crippen molar-refractivity contribution in [3.05, 3.63) is 21.6 Å². The molecule has 0 aliphatic heterocycles. The largest absolute Gasteiger partial charge is 0.383 e. The molecule has 1 unspecified atom stereocenters. The first kappa shape index (κ1) is 16.3. The van der Waals surface area contributed by atoms with Crippen molar-refractivity contribution < 1.29 is 4.74 Å². The van der Waals surface area contributed by atoms with E-state index in [1.165, 1.54) is 36.8 Å². The van der Waals surface area contributed by atoms with Crippen molar-refractivity contribution in [3.8, 4) is 0 Å². The van der Waals surface area contributed by atoms with Gasteiger partial charge in [0, 0.05) is 13.2 Å². The molecule has 1 heterocycles. The number of halogens is 1. The quantitative estimate of drug-likeness (QED) is 0.877. The van der Waals surface area contributed by atoms with E-state index in [9.17, 15) is 4.79 Å². The maximum absolute atomic E-state index is 12.1. The molecule has 6 heteroatoms. The molecule has 0 radical (unpaired) electrons. The molecule has 1 atom stereocenters. The third-order valence-electron chi connectivity index (χ3n) is 4.23. The number of anilines is 1. The predicted molar refractivity (Wildman–Crippen MR) is 85.0 cm³/mol. The Morgan fingerprint density at radius 1 is 1.48 bits per heavy atom. The zero-order valence-electron chi connectivity index (χ0n) is 12.8. The number of nitrogens with zero attached hydrogens (tertiary/aromatic N) is 2. The number of ether oxygens (including phenoxy) is 1. The summed E-state index contributed by atoms with van der Waals surface area (Å²) in [6.07, 6.45) is 8.04. The van der Waals surface area contributed by atoms with Crippen molar-refractivity contribution in [2.24, 2.45) is 5.92 Å². The monoisotopic (exact) mass is 313 g/mol. The van der Waals surface area contributed by atoms with Crippen LogP contribution in [-0.2, 0) is 11.3 Å². The summed E-state index contributed by atoms with van der Waals surface area (Å²) >= 11 is 6.18. The first-order valence-corrected chi connectivity index (χ1v) is 8.02. The van der Waals surface area contributed by atoms with Gasteiger partial charge in [-0.25, -0.2) is 4.68 Å². The van der Waals surface area contributed by atoms with E-state index in [4.69, 9.17) is 16.3 Å². The fourth-order valence-electron chi connectivity index (χ4n) is 2.90. The number of aromatic nitrogens is 2. The first-order chi connectivity index (χ1) is 10.1. The van der Waals surface area contributed by atoms with Crippen LogP contribution in [0.2, 0.25) is 5.02 Å². The average molecular weight is 314 g/mol. The number of hydrogen-bond donors (Lipinski definition) is 1. The summed E-state index contributed by atoms with van der Waals surface area (Å²) in [7, 11) is 1.59. The lowest BCUT2D eigenvalue weighted by molar-refractivity contribution is 0.182. The van der Waals surface area contributed by atoms with Crippen molar-refractivity contribution >= 4 is 17.3 Å². The minimum atomic E-state index is -0.269. The van der Waals surface area contributed by atoms with Crippen molar-refractivity contribution in [2.45, 2.75) is 51.6 Å². The highest BCUT2D eigenvalue weighted by Crippen LogP contribution is 2.28. The molecule has 5 nitrogen and oxygen atoms in total. The average Bonchev–Trinajstić information content (AvgIpc) is 2.52. The Morgan fingerprint density at radius 3 is 2.86 bits per heavy atom.